The number of carbonyl (C=O) groups is 1. The van der Waals surface area contributed by atoms with Crippen LogP contribution in [-0.2, 0) is 0 Å². The van der Waals surface area contributed by atoms with E-state index in [9.17, 15) is 9.18 Å². The molecule has 3 fully saturated rings. The molecule has 6 nitrogen and oxygen atoms in total. The van der Waals surface area contributed by atoms with E-state index in [1.165, 1.54) is 12.1 Å². The van der Waals surface area contributed by atoms with Crippen molar-refractivity contribution in [2.24, 2.45) is 5.92 Å². The van der Waals surface area contributed by atoms with Crippen molar-refractivity contribution in [3.63, 3.8) is 0 Å². The molecule has 2 aromatic carbocycles. The third kappa shape index (κ3) is 4.07. The predicted molar refractivity (Wildman–Crippen MR) is 109 cm³/mol. The molecule has 4 aliphatic heterocycles. The van der Waals surface area contributed by atoms with E-state index in [0.29, 0.717) is 35.3 Å². The number of piperidine rings is 3. The molecule has 2 bridgehead atoms. The van der Waals surface area contributed by atoms with E-state index in [0.717, 1.165) is 32.5 Å². The van der Waals surface area contributed by atoms with Crippen molar-refractivity contribution in [3.05, 3.63) is 53.8 Å². The highest BCUT2D eigenvalue weighted by Gasteiger charge is 2.35. The molecule has 158 valence electrons. The normalized spacial score (nSPS) is 26.8. The molecule has 6 rings (SSSR count). The standard InChI is InChI=1S/C23H25FN2O4/c24-17-2-4-18(5-3-17)28-13-19-14-29-21-6-1-16(11-22(21)30-19)23(27)25-20-12-26-9-7-15(20)8-10-26/h1-6,11,15,19-20H,7-10,12-14H2,(H,25,27)/t19-,20-/m0/s1. The van der Waals surface area contributed by atoms with Gasteiger partial charge in [-0.2, -0.15) is 0 Å². The highest BCUT2D eigenvalue weighted by atomic mass is 19.1. The van der Waals surface area contributed by atoms with E-state index in [1.54, 1.807) is 30.3 Å². The number of halogens is 1. The van der Waals surface area contributed by atoms with Crippen molar-refractivity contribution in [2.75, 3.05) is 32.8 Å². The van der Waals surface area contributed by atoms with Gasteiger partial charge >= 0.3 is 0 Å². The minimum Gasteiger partial charge on any atom is -0.490 e. The third-order valence-electron chi connectivity index (χ3n) is 6.15. The summed E-state index contributed by atoms with van der Waals surface area (Å²) in [5.41, 5.74) is 0.564. The smallest absolute Gasteiger partial charge is 0.251 e. The van der Waals surface area contributed by atoms with Crippen LogP contribution in [0.5, 0.6) is 17.2 Å². The molecule has 30 heavy (non-hydrogen) atoms. The number of fused-ring (bicyclic) bond motifs is 4. The number of hydrogen-bond acceptors (Lipinski definition) is 5. The molecule has 3 saturated heterocycles. The molecule has 4 heterocycles. The maximum absolute atomic E-state index is 13.0. The Balaban J connectivity index is 1.21. The summed E-state index contributed by atoms with van der Waals surface area (Å²) in [5, 5.41) is 3.20. The SMILES string of the molecule is O=C(N[C@H]1CN2CCC1CC2)c1ccc2c(c1)O[C@@H](COc1ccc(F)cc1)CO2. The van der Waals surface area contributed by atoms with E-state index in [-0.39, 0.29) is 30.5 Å². The highest BCUT2D eigenvalue weighted by molar-refractivity contribution is 5.95. The second-order valence-electron chi connectivity index (χ2n) is 8.20. The Bertz CT molecular complexity index is 912. The summed E-state index contributed by atoms with van der Waals surface area (Å²) >= 11 is 0. The molecule has 0 aromatic heterocycles. The molecule has 1 N–H and O–H groups in total. The van der Waals surface area contributed by atoms with Crippen LogP contribution in [0.2, 0.25) is 0 Å². The Kier molecular flexibility index (Phi) is 5.21. The summed E-state index contributed by atoms with van der Waals surface area (Å²) in [5.74, 6) is 1.91. The van der Waals surface area contributed by atoms with Crippen LogP contribution in [0, 0.1) is 11.7 Å². The number of carbonyl (C=O) groups excluding carboxylic acids is 1. The molecular weight excluding hydrogens is 387 g/mol. The zero-order chi connectivity index (χ0) is 20.5. The van der Waals surface area contributed by atoms with Gasteiger partial charge in [-0.1, -0.05) is 0 Å². The monoisotopic (exact) mass is 412 g/mol. The second kappa shape index (κ2) is 8.14. The average Bonchev–Trinajstić information content (AvgIpc) is 2.79. The van der Waals surface area contributed by atoms with Crippen LogP contribution in [0.4, 0.5) is 4.39 Å². The van der Waals surface area contributed by atoms with Gasteiger partial charge in [0.05, 0.1) is 0 Å². The molecule has 0 spiro atoms. The molecule has 0 unspecified atom stereocenters. The molecule has 0 aliphatic carbocycles. The maximum atomic E-state index is 13.0. The van der Waals surface area contributed by atoms with E-state index in [2.05, 4.69) is 10.2 Å². The number of nitrogens with zero attached hydrogens (tertiary/aromatic N) is 1. The minimum atomic E-state index is -0.317. The van der Waals surface area contributed by atoms with E-state index < -0.39 is 0 Å². The number of ether oxygens (including phenoxy) is 3. The van der Waals surface area contributed by atoms with Crippen LogP contribution >= 0.6 is 0 Å². The largest absolute Gasteiger partial charge is 0.490 e. The third-order valence-corrected chi connectivity index (χ3v) is 6.15. The van der Waals surface area contributed by atoms with Gasteiger partial charge in [0, 0.05) is 18.2 Å². The predicted octanol–water partition coefficient (Wildman–Crippen LogP) is 2.87. The van der Waals surface area contributed by atoms with E-state index in [4.69, 9.17) is 14.2 Å². The highest BCUT2D eigenvalue weighted by Crippen LogP contribution is 2.33. The quantitative estimate of drug-likeness (QED) is 0.819. The van der Waals surface area contributed by atoms with Gasteiger partial charge in [-0.3, -0.25) is 4.79 Å². The van der Waals surface area contributed by atoms with Gasteiger partial charge in [-0.05, 0) is 74.3 Å². The fraction of sp³-hybridized carbons (Fsp3) is 0.435. The van der Waals surface area contributed by atoms with Crippen molar-refractivity contribution in [2.45, 2.75) is 25.0 Å². The van der Waals surface area contributed by atoms with Crippen molar-refractivity contribution < 1.29 is 23.4 Å². The Morgan fingerprint density at radius 1 is 1.13 bits per heavy atom. The number of hydrogen-bond donors (Lipinski definition) is 1. The first-order valence-electron chi connectivity index (χ1n) is 10.5. The summed E-state index contributed by atoms with van der Waals surface area (Å²) in [6.07, 6.45) is 1.99. The maximum Gasteiger partial charge on any atom is 0.251 e. The second-order valence-corrected chi connectivity index (χ2v) is 8.20. The van der Waals surface area contributed by atoms with Crippen LogP contribution in [0.15, 0.2) is 42.5 Å². The van der Waals surface area contributed by atoms with Crippen LogP contribution < -0.4 is 19.5 Å². The van der Waals surface area contributed by atoms with Gasteiger partial charge < -0.3 is 24.4 Å². The molecule has 7 heteroatoms. The fourth-order valence-corrected chi connectivity index (χ4v) is 4.44. The van der Waals surface area contributed by atoms with Crippen LogP contribution in [-0.4, -0.2) is 55.8 Å². The first kappa shape index (κ1) is 19.2. The number of benzene rings is 2. The topological polar surface area (TPSA) is 60.0 Å². The van der Waals surface area contributed by atoms with Crippen molar-refractivity contribution in [1.29, 1.82) is 0 Å². The Morgan fingerprint density at radius 2 is 1.93 bits per heavy atom. The Morgan fingerprint density at radius 3 is 2.67 bits per heavy atom. The Hall–Kier alpha value is -2.80. The fourth-order valence-electron chi connectivity index (χ4n) is 4.44. The van der Waals surface area contributed by atoms with Gasteiger partial charge in [0.1, 0.15) is 24.8 Å². The van der Waals surface area contributed by atoms with Gasteiger partial charge in [-0.15, -0.1) is 0 Å². The minimum absolute atomic E-state index is 0.0789. The summed E-state index contributed by atoms with van der Waals surface area (Å²) < 4.78 is 30.4. The number of amides is 1. The lowest BCUT2D eigenvalue weighted by atomic mass is 9.84. The summed E-state index contributed by atoms with van der Waals surface area (Å²) in [6, 6.07) is 11.3. The summed E-state index contributed by atoms with van der Waals surface area (Å²) in [6.45, 7) is 3.83. The number of nitrogens with one attached hydrogen (secondary N) is 1. The van der Waals surface area contributed by atoms with Crippen LogP contribution in [0.25, 0.3) is 0 Å². The lowest BCUT2D eigenvalue weighted by Gasteiger charge is -2.44. The molecule has 0 saturated carbocycles. The molecule has 1 amide bonds. The first-order valence-corrected chi connectivity index (χ1v) is 10.5. The van der Waals surface area contributed by atoms with E-state index >= 15 is 0 Å². The van der Waals surface area contributed by atoms with Crippen LogP contribution in [0.1, 0.15) is 23.2 Å². The molecule has 2 aromatic rings. The van der Waals surface area contributed by atoms with Gasteiger partial charge in [0.25, 0.3) is 5.91 Å². The summed E-state index contributed by atoms with van der Waals surface area (Å²) in [4.78, 5) is 15.2. The van der Waals surface area contributed by atoms with Crippen LogP contribution in [0.3, 0.4) is 0 Å². The lowest BCUT2D eigenvalue weighted by molar-refractivity contribution is 0.0530. The molecule has 2 atom stereocenters. The molecular formula is C23H25FN2O4. The van der Waals surface area contributed by atoms with Crippen molar-refractivity contribution in [1.82, 2.24) is 10.2 Å². The molecule has 0 radical (unpaired) electrons. The van der Waals surface area contributed by atoms with Gasteiger partial charge in [0.15, 0.2) is 17.6 Å². The number of rotatable bonds is 5. The van der Waals surface area contributed by atoms with Gasteiger partial charge in [-0.25, -0.2) is 4.39 Å². The average molecular weight is 412 g/mol. The van der Waals surface area contributed by atoms with E-state index in [1.807, 2.05) is 0 Å². The Labute approximate surface area is 174 Å². The lowest BCUT2D eigenvalue weighted by Crippen LogP contribution is -2.57. The van der Waals surface area contributed by atoms with Crippen molar-refractivity contribution in [3.8, 4) is 17.2 Å². The zero-order valence-corrected chi connectivity index (χ0v) is 16.7. The van der Waals surface area contributed by atoms with Crippen molar-refractivity contribution >= 4 is 5.91 Å². The first-order chi connectivity index (χ1) is 14.6. The zero-order valence-electron chi connectivity index (χ0n) is 16.7. The summed E-state index contributed by atoms with van der Waals surface area (Å²) in [7, 11) is 0. The molecule has 4 aliphatic rings. The van der Waals surface area contributed by atoms with Gasteiger partial charge in [0.2, 0.25) is 0 Å².